The van der Waals surface area contributed by atoms with Crippen molar-refractivity contribution in [1.29, 1.82) is 0 Å². The Morgan fingerprint density at radius 3 is 2.58 bits per heavy atom. The molecule has 2 heterocycles. The van der Waals surface area contributed by atoms with Gasteiger partial charge in [-0.05, 0) is 29.8 Å². The Hall–Kier alpha value is -3.08. The molecule has 3 rings (SSSR count). The molecule has 5 heteroatoms. The number of nitrogens with one attached hydrogen (secondary N) is 1. The number of pyridine rings is 1. The Kier molecular flexibility index (Phi) is 4.91. The molecule has 0 spiro atoms. The molecular weight excluding hydrogens is 302 g/mol. The van der Waals surface area contributed by atoms with E-state index in [1.165, 1.54) is 7.11 Å². The van der Waals surface area contributed by atoms with Gasteiger partial charge < -0.3 is 14.6 Å². The lowest BCUT2D eigenvalue weighted by Crippen LogP contribution is -2.20. The summed E-state index contributed by atoms with van der Waals surface area (Å²) in [5, 5.41) is 2.88. The van der Waals surface area contributed by atoms with E-state index in [2.05, 4.69) is 10.3 Å². The monoisotopic (exact) mass is 321 g/mol. The Balaban J connectivity index is 1.79. The fourth-order valence-electron chi connectivity index (χ4n) is 2.65. The van der Waals surface area contributed by atoms with Crippen LogP contribution < -0.4 is 10.1 Å². The predicted octanol–water partition coefficient (Wildman–Crippen LogP) is 3.51. The minimum Gasteiger partial charge on any atom is -0.480 e. The largest absolute Gasteiger partial charge is 0.480 e. The molecule has 1 atom stereocenters. The molecular formula is C19H19N3O2. The Morgan fingerprint density at radius 1 is 1.12 bits per heavy atom. The second-order valence-corrected chi connectivity index (χ2v) is 5.37. The number of aromatic nitrogens is 2. The van der Waals surface area contributed by atoms with Gasteiger partial charge >= 0.3 is 0 Å². The summed E-state index contributed by atoms with van der Waals surface area (Å²) in [4.78, 5) is 16.6. The topological polar surface area (TPSA) is 56.1 Å². The molecule has 0 bridgehead atoms. The van der Waals surface area contributed by atoms with Crippen LogP contribution in [-0.4, -0.2) is 22.6 Å². The molecule has 0 aliphatic heterocycles. The van der Waals surface area contributed by atoms with E-state index < -0.39 is 0 Å². The van der Waals surface area contributed by atoms with Crippen LogP contribution in [0.1, 0.15) is 18.0 Å². The number of ether oxygens (including phenoxy) is 1. The van der Waals surface area contributed by atoms with Crippen LogP contribution in [0.4, 0.5) is 5.69 Å². The van der Waals surface area contributed by atoms with Crippen LogP contribution in [0.15, 0.2) is 73.2 Å². The normalized spacial score (nSPS) is 11.7. The molecule has 1 N–H and O–H groups in total. The van der Waals surface area contributed by atoms with Crippen LogP contribution >= 0.6 is 0 Å². The fourth-order valence-corrected chi connectivity index (χ4v) is 2.65. The molecule has 2 aromatic heterocycles. The lowest BCUT2D eigenvalue weighted by molar-refractivity contribution is -0.116. The molecule has 24 heavy (non-hydrogen) atoms. The zero-order valence-electron chi connectivity index (χ0n) is 13.4. The van der Waals surface area contributed by atoms with Crippen LogP contribution in [-0.2, 0) is 4.79 Å². The average Bonchev–Trinajstić information content (AvgIpc) is 3.15. The van der Waals surface area contributed by atoms with E-state index in [0.29, 0.717) is 18.0 Å². The smallest absolute Gasteiger partial charge is 0.237 e. The number of methoxy groups -OCH3 is 1. The lowest BCUT2D eigenvalue weighted by Gasteiger charge is -2.19. The van der Waals surface area contributed by atoms with Crippen molar-refractivity contribution < 1.29 is 9.53 Å². The van der Waals surface area contributed by atoms with Gasteiger partial charge in [-0.25, -0.2) is 4.98 Å². The lowest BCUT2D eigenvalue weighted by atomic mass is 10.0. The van der Waals surface area contributed by atoms with Gasteiger partial charge in [-0.2, -0.15) is 0 Å². The maximum atomic E-state index is 12.6. The molecule has 0 fully saturated rings. The van der Waals surface area contributed by atoms with Crippen molar-refractivity contribution in [1.82, 2.24) is 9.55 Å². The van der Waals surface area contributed by atoms with Crippen molar-refractivity contribution in [2.24, 2.45) is 0 Å². The van der Waals surface area contributed by atoms with Gasteiger partial charge in [0.1, 0.15) is 5.69 Å². The second-order valence-electron chi connectivity index (χ2n) is 5.37. The number of carbonyl (C=O) groups excluding carboxylic acids is 1. The summed E-state index contributed by atoms with van der Waals surface area (Å²) in [6.45, 7) is 0. The van der Waals surface area contributed by atoms with E-state index in [0.717, 1.165) is 5.56 Å². The van der Waals surface area contributed by atoms with Crippen LogP contribution in [0.25, 0.3) is 0 Å². The highest BCUT2D eigenvalue weighted by molar-refractivity contribution is 5.92. The molecule has 3 aromatic rings. The van der Waals surface area contributed by atoms with E-state index in [-0.39, 0.29) is 11.9 Å². The first-order valence-corrected chi connectivity index (χ1v) is 7.74. The predicted molar refractivity (Wildman–Crippen MR) is 93.0 cm³/mol. The zero-order chi connectivity index (χ0) is 16.8. The SMILES string of the molecule is COc1ncccc1NC(=O)C[C@H](c1ccccc1)n1cccc1. The molecule has 0 saturated heterocycles. The summed E-state index contributed by atoms with van der Waals surface area (Å²) < 4.78 is 7.21. The van der Waals surface area contributed by atoms with Gasteiger partial charge in [0.15, 0.2) is 0 Å². The first-order valence-electron chi connectivity index (χ1n) is 7.74. The van der Waals surface area contributed by atoms with Gasteiger partial charge in [-0.15, -0.1) is 0 Å². The number of hydrogen-bond donors (Lipinski definition) is 1. The number of rotatable bonds is 6. The van der Waals surface area contributed by atoms with Crippen molar-refractivity contribution in [2.45, 2.75) is 12.5 Å². The van der Waals surface area contributed by atoms with Crippen LogP contribution in [0.5, 0.6) is 5.88 Å². The van der Waals surface area contributed by atoms with Crippen LogP contribution in [0, 0.1) is 0 Å². The van der Waals surface area contributed by atoms with Crippen molar-refractivity contribution in [2.75, 3.05) is 12.4 Å². The summed E-state index contributed by atoms with van der Waals surface area (Å²) in [6.07, 6.45) is 5.88. The maximum Gasteiger partial charge on any atom is 0.237 e. The summed E-state index contributed by atoms with van der Waals surface area (Å²) in [5.74, 6) is 0.312. The molecule has 0 radical (unpaired) electrons. The first-order chi connectivity index (χ1) is 11.8. The summed E-state index contributed by atoms with van der Waals surface area (Å²) in [7, 11) is 1.53. The van der Waals surface area contributed by atoms with Gasteiger partial charge in [0.05, 0.1) is 19.6 Å². The number of hydrogen-bond acceptors (Lipinski definition) is 3. The van der Waals surface area contributed by atoms with Crippen molar-refractivity contribution in [3.63, 3.8) is 0 Å². The van der Waals surface area contributed by atoms with Crippen molar-refractivity contribution >= 4 is 11.6 Å². The standard InChI is InChI=1S/C19H19N3O2/c1-24-19-16(10-7-11-20-19)21-18(23)14-17(22-12-5-6-13-22)15-8-3-2-4-9-15/h2-13,17H,14H2,1H3,(H,21,23)/t17-/m1/s1. The number of benzene rings is 1. The number of nitrogens with zero attached hydrogens (tertiary/aromatic N) is 2. The third-order valence-corrected chi connectivity index (χ3v) is 3.79. The summed E-state index contributed by atoms with van der Waals surface area (Å²) >= 11 is 0. The highest BCUT2D eigenvalue weighted by Gasteiger charge is 2.18. The van der Waals surface area contributed by atoms with Crippen molar-refractivity contribution in [3.05, 3.63) is 78.8 Å². The molecule has 0 saturated carbocycles. The van der Waals surface area contributed by atoms with E-state index in [1.807, 2.05) is 59.4 Å². The molecule has 0 unspecified atom stereocenters. The third-order valence-electron chi connectivity index (χ3n) is 3.79. The summed E-state index contributed by atoms with van der Waals surface area (Å²) in [6, 6.07) is 17.4. The van der Waals surface area contributed by atoms with E-state index in [4.69, 9.17) is 4.74 Å². The quantitative estimate of drug-likeness (QED) is 0.756. The fraction of sp³-hybridized carbons (Fsp3) is 0.158. The minimum absolute atomic E-state index is 0.0659. The molecule has 1 amide bonds. The van der Waals surface area contributed by atoms with Gasteiger partial charge in [-0.1, -0.05) is 30.3 Å². The Bertz CT molecular complexity index is 785. The molecule has 0 aliphatic rings. The molecule has 0 aliphatic carbocycles. The average molecular weight is 321 g/mol. The van der Waals surface area contributed by atoms with Gasteiger partial charge in [-0.3, -0.25) is 4.79 Å². The maximum absolute atomic E-state index is 12.6. The summed E-state index contributed by atoms with van der Waals surface area (Å²) in [5.41, 5.74) is 1.66. The van der Waals surface area contributed by atoms with Crippen LogP contribution in [0.3, 0.4) is 0 Å². The first kappa shape index (κ1) is 15.8. The number of amides is 1. The van der Waals surface area contributed by atoms with E-state index in [9.17, 15) is 4.79 Å². The van der Waals surface area contributed by atoms with Crippen LogP contribution in [0.2, 0.25) is 0 Å². The third kappa shape index (κ3) is 3.63. The molecule has 1 aromatic carbocycles. The van der Waals surface area contributed by atoms with Gasteiger partial charge in [0.25, 0.3) is 0 Å². The zero-order valence-corrected chi connectivity index (χ0v) is 13.4. The highest BCUT2D eigenvalue weighted by Crippen LogP contribution is 2.25. The van der Waals surface area contributed by atoms with Gasteiger partial charge in [0.2, 0.25) is 11.8 Å². The van der Waals surface area contributed by atoms with Crippen molar-refractivity contribution in [3.8, 4) is 5.88 Å². The van der Waals surface area contributed by atoms with E-state index >= 15 is 0 Å². The molecule has 5 nitrogen and oxygen atoms in total. The minimum atomic E-state index is -0.0937. The molecule has 122 valence electrons. The van der Waals surface area contributed by atoms with E-state index in [1.54, 1.807) is 18.3 Å². The second kappa shape index (κ2) is 7.46. The number of anilines is 1. The Morgan fingerprint density at radius 2 is 1.88 bits per heavy atom. The number of carbonyl (C=O) groups is 1. The van der Waals surface area contributed by atoms with Gasteiger partial charge in [0, 0.05) is 18.6 Å². The highest BCUT2D eigenvalue weighted by atomic mass is 16.5. The Labute approximate surface area is 140 Å².